The van der Waals surface area contributed by atoms with Crippen molar-refractivity contribution in [1.82, 2.24) is 0 Å². The van der Waals surface area contributed by atoms with Crippen LogP contribution in [0.25, 0.3) is 0 Å². The van der Waals surface area contributed by atoms with Gasteiger partial charge in [-0.25, -0.2) is 0 Å². The Balaban J connectivity index is 2.36. The standard InChI is InChI=1S/C11H9BrN2S2/c12-7-1-2-10(9(5-7)11(13)15)14-8-3-4-16-6-8/h1-6,14H,(H2,13,15). The van der Waals surface area contributed by atoms with Gasteiger partial charge in [-0.2, -0.15) is 11.3 Å². The molecule has 1 aromatic carbocycles. The third-order valence-electron chi connectivity index (χ3n) is 2.05. The van der Waals surface area contributed by atoms with Crippen molar-refractivity contribution in [2.75, 3.05) is 5.32 Å². The summed E-state index contributed by atoms with van der Waals surface area (Å²) in [5.74, 6) is 0. The summed E-state index contributed by atoms with van der Waals surface area (Å²) in [6.07, 6.45) is 0. The van der Waals surface area contributed by atoms with Crippen LogP contribution in [0.1, 0.15) is 5.56 Å². The third kappa shape index (κ3) is 2.61. The van der Waals surface area contributed by atoms with E-state index in [4.69, 9.17) is 18.0 Å². The molecule has 0 radical (unpaired) electrons. The number of nitrogens with one attached hydrogen (secondary N) is 1. The molecule has 0 amide bonds. The first-order chi connectivity index (χ1) is 7.66. The van der Waals surface area contributed by atoms with Crippen LogP contribution in [0.4, 0.5) is 11.4 Å². The fourth-order valence-electron chi connectivity index (χ4n) is 1.32. The predicted octanol–water partition coefficient (Wildman–Crippen LogP) is 3.89. The minimum atomic E-state index is 0.388. The number of nitrogens with two attached hydrogens (primary N) is 1. The smallest absolute Gasteiger partial charge is 0.106 e. The van der Waals surface area contributed by atoms with Crippen molar-refractivity contribution in [1.29, 1.82) is 0 Å². The summed E-state index contributed by atoms with van der Waals surface area (Å²) in [6, 6.07) is 7.83. The molecule has 16 heavy (non-hydrogen) atoms. The quantitative estimate of drug-likeness (QED) is 0.844. The van der Waals surface area contributed by atoms with E-state index < -0.39 is 0 Å². The minimum absolute atomic E-state index is 0.388. The van der Waals surface area contributed by atoms with E-state index in [0.29, 0.717) is 4.99 Å². The molecule has 5 heteroatoms. The highest BCUT2D eigenvalue weighted by molar-refractivity contribution is 9.10. The van der Waals surface area contributed by atoms with Crippen LogP contribution in [0.3, 0.4) is 0 Å². The molecule has 2 rings (SSSR count). The largest absolute Gasteiger partial charge is 0.389 e. The van der Waals surface area contributed by atoms with Crippen molar-refractivity contribution in [3.63, 3.8) is 0 Å². The normalized spacial score (nSPS) is 10.1. The second-order valence-electron chi connectivity index (χ2n) is 3.19. The van der Waals surface area contributed by atoms with Crippen LogP contribution in [-0.4, -0.2) is 4.99 Å². The summed E-state index contributed by atoms with van der Waals surface area (Å²) in [5.41, 5.74) is 8.50. The maximum absolute atomic E-state index is 5.69. The van der Waals surface area contributed by atoms with Gasteiger partial charge in [0.2, 0.25) is 0 Å². The highest BCUT2D eigenvalue weighted by Crippen LogP contribution is 2.25. The van der Waals surface area contributed by atoms with Gasteiger partial charge >= 0.3 is 0 Å². The van der Waals surface area contributed by atoms with E-state index in [1.165, 1.54) is 0 Å². The van der Waals surface area contributed by atoms with Crippen molar-refractivity contribution >= 4 is 55.8 Å². The fourth-order valence-corrected chi connectivity index (χ4v) is 2.44. The second-order valence-corrected chi connectivity index (χ2v) is 5.33. The van der Waals surface area contributed by atoms with E-state index in [1.54, 1.807) is 11.3 Å². The Morgan fingerprint density at radius 3 is 2.81 bits per heavy atom. The molecule has 1 aromatic heterocycles. The number of benzene rings is 1. The number of anilines is 2. The number of halogens is 1. The minimum Gasteiger partial charge on any atom is -0.389 e. The molecule has 0 atom stereocenters. The van der Waals surface area contributed by atoms with Crippen molar-refractivity contribution in [3.8, 4) is 0 Å². The number of thiocarbonyl (C=S) groups is 1. The van der Waals surface area contributed by atoms with Crippen LogP contribution in [0, 0.1) is 0 Å². The first kappa shape index (κ1) is 11.6. The molecule has 2 aromatic rings. The summed E-state index contributed by atoms with van der Waals surface area (Å²) >= 11 is 10.1. The Kier molecular flexibility index (Phi) is 3.58. The second kappa shape index (κ2) is 4.95. The molecule has 0 aliphatic carbocycles. The van der Waals surface area contributed by atoms with Crippen LogP contribution in [0.2, 0.25) is 0 Å². The Morgan fingerprint density at radius 2 is 2.19 bits per heavy atom. The molecule has 1 heterocycles. The molecule has 0 bridgehead atoms. The zero-order valence-corrected chi connectivity index (χ0v) is 11.5. The summed E-state index contributed by atoms with van der Waals surface area (Å²) in [4.78, 5) is 0.388. The number of thiophene rings is 1. The van der Waals surface area contributed by atoms with Gasteiger partial charge in [0.05, 0.1) is 0 Å². The maximum atomic E-state index is 5.69. The van der Waals surface area contributed by atoms with E-state index in [0.717, 1.165) is 21.4 Å². The number of rotatable bonds is 3. The van der Waals surface area contributed by atoms with Gasteiger partial charge in [-0.15, -0.1) is 0 Å². The fraction of sp³-hybridized carbons (Fsp3) is 0. The Hall–Kier alpha value is -0.910. The van der Waals surface area contributed by atoms with Crippen molar-refractivity contribution in [3.05, 3.63) is 45.1 Å². The van der Waals surface area contributed by atoms with Crippen molar-refractivity contribution in [2.24, 2.45) is 5.73 Å². The number of hydrogen-bond acceptors (Lipinski definition) is 3. The molecular weight excluding hydrogens is 304 g/mol. The third-order valence-corrected chi connectivity index (χ3v) is 3.44. The van der Waals surface area contributed by atoms with Gasteiger partial charge in [-0.3, -0.25) is 0 Å². The molecule has 0 spiro atoms. The van der Waals surface area contributed by atoms with Gasteiger partial charge in [0, 0.05) is 26.8 Å². The summed E-state index contributed by atoms with van der Waals surface area (Å²) in [6.45, 7) is 0. The lowest BCUT2D eigenvalue weighted by Crippen LogP contribution is -2.11. The van der Waals surface area contributed by atoms with Gasteiger partial charge in [-0.05, 0) is 29.6 Å². The monoisotopic (exact) mass is 312 g/mol. The topological polar surface area (TPSA) is 38.0 Å². The number of hydrogen-bond donors (Lipinski definition) is 2. The molecule has 3 N–H and O–H groups in total. The van der Waals surface area contributed by atoms with Crippen LogP contribution >= 0.6 is 39.5 Å². The highest BCUT2D eigenvalue weighted by atomic mass is 79.9. The lowest BCUT2D eigenvalue weighted by atomic mass is 10.1. The first-order valence-corrected chi connectivity index (χ1v) is 6.70. The lowest BCUT2D eigenvalue weighted by Gasteiger charge is -2.10. The predicted molar refractivity (Wildman–Crippen MR) is 77.6 cm³/mol. The van der Waals surface area contributed by atoms with Crippen LogP contribution < -0.4 is 11.1 Å². The molecule has 0 saturated heterocycles. The average Bonchev–Trinajstić information content (AvgIpc) is 2.73. The Morgan fingerprint density at radius 1 is 1.38 bits per heavy atom. The van der Waals surface area contributed by atoms with Crippen molar-refractivity contribution in [2.45, 2.75) is 0 Å². The SMILES string of the molecule is NC(=S)c1cc(Br)ccc1Nc1ccsc1. The maximum Gasteiger partial charge on any atom is 0.106 e. The van der Waals surface area contributed by atoms with Gasteiger partial charge in [0.15, 0.2) is 0 Å². The Bertz CT molecular complexity index is 509. The molecule has 0 unspecified atom stereocenters. The first-order valence-electron chi connectivity index (χ1n) is 4.55. The molecule has 0 aliphatic rings. The molecule has 0 saturated carbocycles. The van der Waals surface area contributed by atoms with Gasteiger partial charge in [0.1, 0.15) is 4.99 Å². The van der Waals surface area contributed by atoms with E-state index in [-0.39, 0.29) is 0 Å². The zero-order chi connectivity index (χ0) is 11.5. The zero-order valence-electron chi connectivity index (χ0n) is 8.24. The van der Waals surface area contributed by atoms with Crippen molar-refractivity contribution < 1.29 is 0 Å². The van der Waals surface area contributed by atoms with Gasteiger partial charge < -0.3 is 11.1 Å². The van der Waals surface area contributed by atoms with E-state index >= 15 is 0 Å². The summed E-state index contributed by atoms with van der Waals surface area (Å²) in [7, 11) is 0. The van der Waals surface area contributed by atoms with E-state index in [9.17, 15) is 0 Å². The van der Waals surface area contributed by atoms with Crippen LogP contribution in [-0.2, 0) is 0 Å². The molecule has 82 valence electrons. The van der Waals surface area contributed by atoms with Gasteiger partial charge in [-0.1, -0.05) is 28.1 Å². The summed E-state index contributed by atoms with van der Waals surface area (Å²) < 4.78 is 0.964. The van der Waals surface area contributed by atoms with E-state index in [1.807, 2.05) is 35.0 Å². The lowest BCUT2D eigenvalue weighted by molar-refractivity contribution is 1.53. The van der Waals surface area contributed by atoms with Gasteiger partial charge in [0.25, 0.3) is 0 Å². The van der Waals surface area contributed by atoms with Crippen LogP contribution in [0.15, 0.2) is 39.5 Å². The molecular formula is C11H9BrN2S2. The average molecular weight is 313 g/mol. The molecule has 0 aliphatic heterocycles. The highest BCUT2D eigenvalue weighted by Gasteiger charge is 2.06. The Labute approximate surface area is 112 Å². The van der Waals surface area contributed by atoms with Crippen LogP contribution in [0.5, 0.6) is 0 Å². The molecule has 0 fully saturated rings. The summed E-state index contributed by atoms with van der Waals surface area (Å²) in [5, 5.41) is 7.33. The molecule has 2 nitrogen and oxygen atoms in total. The van der Waals surface area contributed by atoms with E-state index in [2.05, 4.69) is 21.2 Å².